The van der Waals surface area contributed by atoms with E-state index in [0.29, 0.717) is 22.2 Å². The maximum atomic E-state index is 12.3. The fraction of sp³-hybridized carbons (Fsp3) is 0.150. The number of benzene rings is 2. The summed E-state index contributed by atoms with van der Waals surface area (Å²) in [6.45, 7) is 1.45. The van der Waals surface area contributed by atoms with Crippen molar-refractivity contribution < 1.29 is 19.1 Å². The Hall–Kier alpha value is -3.61. The number of hydrogen-bond acceptors (Lipinski definition) is 5. The Morgan fingerprint density at radius 2 is 1.78 bits per heavy atom. The first-order valence-electron chi connectivity index (χ1n) is 8.26. The van der Waals surface area contributed by atoms with Crippen LogP contribution in [0.15, 0.2) is 59.4 Å². The van der Waals surface area contributed by atoms with Crippen LogP contribution in [0.1, 0.15) is 17.4 Å². The number of amides is 1. The van der Waals surface area contributed by atoms with Crippen LogP contribution in [-0.4, -0.2) is 30.1 Å². The summed E-state index contributed by atoms with van der Waals surface area (Å²) in [6, 6.07) is 15.3. The molecule has 0 aliphatic heterocycles. The zero-order valence-electron chi connectivity index (χ0n) is 14.8. The highest BCUT2D eigenvalue weighted by molar-refractivity contribution is 5.98. The van der Waals surface area contributed by atoms with Gasteiger partial charge in [-0.05, 0) is 36.6 Å². The number of H-pyrrole nitrogens is 1. The normalized spacial score (nSPS) is 11.6. The zero-order valence-corrected chi connectivity index (χ0v) is 14.8. The average molecular weight is 366 g/mol. The summed E-state index contributed by atoms with van der Waals surface area (Å²) < 4.78 is 10.4. The van der Waals surface area contributed by atoms with Gasteiger partial charge in [0.05, 0.1) is 12.8 Å². The molecule has 1 atom stereocenters. The average Bonchev–Trinajstić information content (AvgIpc) is 2.68. The zero-order chi connectivity index (χ0) is 19.4. The molecule has 1 amide bonds. The lowest BCUT2D eigenvalue weighted by molar-refractivity contribution is -0.123. The van der Waals surface area contributed by atoms with E-state index in [0.717, 1.165) is 0 Å². The van der Waals surface area contributed by atoms with Crippen LogP contribution in [-0.2, 0) is 9.53 Å². The van der Waals surface area contributed by atoms with Gasteiger partial charge in [-0.3, -0.25) is 9.59 Å². The van der Waals surface area contributed by atoms with Crippen molar-refractivity contribution in [2.45, 2.75) is 13.0 Å². The van der Waals surface area contributed by atoms with Crippen LogP contribution in [0.25, 0.3) is 10.8 Å². The van der Waals surface area contributed by atoms with E-state index < -0.39 is 23.5 Å². The van der Waals surface area contributed by atoms with E-state index in [1.54, 1.807) is 48.5 Å². The molecule has 7 nitrogen and oxygen atoms in total. The Balaban J connectivity index is 1.73. The quantitative estimate of drug-likeness (QED) is 0.677. The number of carbonyl (C=O) groups is 2. The largest absolute Gasteiger partial charge is 0.495 e. The molecule has 0 saturated carbocycles. The van der Waals surface area contributed by atoms with Crippen LogP contribution in [0.5, 0.6) is 5.75 Å². The van der Waals surface area contributed by atoms with Crippen LogP contribution >= 0.6 is 0 Å². The lowest BCUT2D eigenvalue weighted by Crippen LogP contribution is -2.30. The summed E-state index contributed by atoms with van der Waals surface area (Å²) in [7, 11) is 1.49. The van der Waals surface area contributed by atoms with Gasteiger partial charge in [0.25, 0.3) is 11.5 Å². The van der Waals surface area contributed by atoms with Crippen molar-refractivity contribution in [2.75, 3.05) is 12.4 Å². The van der Waals surface area contributed by atoms with Gasteiger partial charge in [0.1, 0.15) is 11.4 Å². The standard InChI is InChI=1S/C20H18N2O5/c1-12(18(23)21-15-9-5-6-10-17(15)26-2)27-20(25)16-11-13-7-3-4-8-14(13)19(24)22-16/h3-12H,1-2H3,(H,21,23)(H,22,24)/t12-/m0/s1. The van der Waals surface area contributed by atoms with Crippen LogP contribution in [0.2, 0.25) is 0 Å². The van der Waals surface area contributed by atoms with Gasteiger partial charge in [-0.15, -0.1) is 0 Å². The van der Waals surface area contributed by atoms with E-state index in [-0.39, 0.29) is 5.69 Å². The molecular weight excluding hydrogens is 348 g/mol. The monoisotopic (exact) mass is 366 g/mol. The molecule has 3 rings (SSSR count). The summed E-state index contributed by atoms with van der Waals surface area (Å²) in [5.74, 6) is -0.820. The van der Waals surface area contributed by atoms with Crippen molar-refractivity contribution in [3.8, 4) is 5.75 Å². The van der Waals surface area contributed by atoms with Crippen molar-refractivity contribution >= 4 is 28.3 Å². The van der Waals surface area contributed by atoms with Gasteiger partial charge in [0.15, 0.2) is 6.10 Å². The van der Waals surface area contributed by atoms with Crippen LogP contribution in [0.4, 0.5) is 5.69 Å². The number of nitrogens with one attached hydrogen (secondary N) is 2. The smallest absolute Gasteiger partial charge is 0.355 e. The lowest BCUT2D eigenvalue weighted by atomic mass is 10.1. The van der Waals surface area contributed by atoms with Crippen molar-refractivity contribution in [2.24, 2.45) is 0 Å². The van der Waals surface area contributed by atoms with Crippen LogP contribution < -0.4 is 15.6 Å². The van der Waals surface area contributed by atoms with E-state index >= 15 is 0 Å². The fourth-order valence-corrected chi connectivity index (χ4v) is 2.58. The molecule has 1 aromatic heterocycles. The highest BCUT2D eigenvalue weighted by Crippen LogP contribution is 2.23. The molecule has 0 fully saturated rings. The number of hydrogen-bond donors (Lipinski definition) is 2. The first kappa shape index (κ1) is 18.2. The van der Waals surface area contributed by atoms with Crippen molar-refractivity contribution in [1.29, 1.82) is 0 Å². The molecule has 1 heterocycles. The van der Waals surface area contributed by atoms with Crippen LogP contribution in [0, 0.1) is 0 Å². The first-order valence-corrected chi connectivity index (χ1v) is 8.26. The maximum absolute atomic E-state index is 12.3. The fourth-order valence-electron chi connectivity index (χ4n) is 2.58. The third-order valence-corrected chi connectivity index (χ3v) is 3.99. The number of fused-ring (bicyclic) bond motifs is 1. The highest BCUT2D eigenvalue weighted by atomic mass is 16.5. The molecule has 2 N–H and O–H groups in total. The maximum Gasteiger partial charge on any atom is 0.355 e. The molecule has 138 valence electrons. The van der Waals surface area contributed by atoms with Gasteiger partial charge in [-0.25, -0.2) is 4.79 Å². The van der Waals surface area contributed by atoms with Gasteiger partial charge >= 0.3 is 5.97 Å². The van der Waals surface area contributed by atoms with E-state index in [1.165, 1.54) is 20.1 Å². The summed E-state index contributed by atoms with van der Waals surface area (Å²) in [5.41, 5.74) is 0.0498. The molecule has 27 heavy (non-hydrogen) atoms. The Morgan fingerprint density at radius 1 is 1.07 bits per heavy atom. The predicted octanol–water partition coefficient (Wildman–Crippen LogP) is 2.72. The molecule has 0 aliphatic carbocycles. The molecular formula is C20H18N2O5. The SMILES string of the molecule is COc1ccccc1NC(=O)[C@H](C)OC(=O)c1cc2ccccc2c(=O)[nH]1. The summed E-state index contributed by atoms with van der Waals surface area (Å²) in [6.07, 6.45) is -1.07. The molecule has 2 aromatic carbocycles. The molecule has 3 aromatic rings. The number of ether oxygens (including phenoxy) is 2. The minimum atomic E-state index is -1.07. The Labute approximate surface area is 154 Å². The van der Waals surface area contributed by atoms with E-state index in [4.69, 9.17) is 9.47 Å². The number of para-hydroxylation sites is 2. The van der Waals surface area contributed by atoms with Gasteiger partial charge in [0, 0.05) is 5.39 Å². The van der Waals surface area contributed by atoms with Gasteiger partial charge < -0.3 is 19.8 Å². The van der Waals surface area contributed by atoms with E-state index in [2.05, 4.69) is 10.3 Å². The number of rotatable bonds is 5. The second-order valence-electron chi connectivity index (χ2n) is 5.84. The number of pyridine rings is 1. The summed E-state index contributed by atoms with van der Waals surface area (Å²) in [5, 5.41) is 3.72. The van der Waals surface area contributed by atoms with Gasteiger partial charge in [0.2, 0.25) is 0 Å². The second-order valence-corrected chi connectivity index (χ2v) is 5.84. The Bertz CT molecular complexity index is 1060. The highest BCUT2D eigenvalue weighted by Gasteiger charge is 2.21. The number of aromatic nitrogens is 1. The predicted molar refractivity (Wildman–Crippen MR) is 101 cm³/mol. The van der Waals surface area contributed by atoms with Gasteiger partial charge in [-0.2, -0.15) is 0 Å². The molecule has 0 spiro atoms. The number of carbonyl (C=O) groups excluding carboxylic acids is 2. The topological polar surface area (TPSA) is 97.5 Å². The Morgan fingerprint density at radius 3 is 2.56 bits per heavy atom. The molecule has 0 saturated heterocycles. The number of esters is 1. The Kier molecular flexibility index (Phi) is 5.21. The van der Waals surface area contributed by atoms with E-state index in [9.17, 15) is 14.4 Å². The minimum Gasteiger partial charge on any atom is -0.495 e. The van der Waals surface area contributed by atoms with Gasteiger partial charge in [-0.1, -0.05) is 30.3 Å². The molecule has 0 bridgehead atoms. The molecule has 0 aliphatic rings. The first-order chi connectivity index (χ1) is 13.0. The summed E-state index contributed by atoms with van der Waals surface area (Å²) in [4.78, 5) is 39.2. The van der Waals surface area contributed by atoms with Crippen molar-refractivity contribution in [1.82, 2.24) is 4.98 Å². The van der Waals surface area contributed by atoms with Crippen molar-refractivity contribution in [3.05, 3.63) is 70.6 Å². The number of aromatic amines is 1. The number of methoxy groups -OCH3 is 1. The minimum absolute atomic E-state index is 0.0179. The lowest BCUT2D eigenvalue weighted by Gasteiger charge is -2.15. The summed E-state index contributed by atoms with van der Waals surface area (Å²) >= 11 is 0. The second kappa shape index (κ2) is 7.74. The number of anilines is 1. The van der Waals surface area contributed by atoms with Crippen molar-refractivity contribution in [3.63, 3.8) is 0 Å². The molecule has 0 unspecified atom stereocenters. The molecule has 7 heteroatoms. The van der Waals surface area contributed by atoms with E-state index in [1.807, 2.05) is 0 Å². The van der Waals surface area contributed by atoms with Crippen LogP contribution in [0.3, 0.4) is 0 Å². The third-order valence-electron chi connectivity index (χ3n) is 3.99. The molecule has 0 radical (unpaired) electrons. The third kappa shape index (κ3) is 3.98.